The van der Waals surface area contributed by atoms with Gasteiger partial charge < -0.3 is 15.2 Å². The smallest absolute Gasteiger partial charge is 0.352 e. The summed E-state index contributed by atoms with van der Waals surface area (Å²) in [5.41, 5.74) is 4.47. The van der Waals surface area contributed by atoms with Crippen LogP contribution in [0, 0.1) is 5.82 Å². The SMILES string of the molecule is COC(=O)CC1=CCC(n2cc(F)c(N)nc2=O)O1. The Hall–Kier alpha value is -2.38. The molecule has 7 nitrogen and oxygen atoms in total. The number of hydrogen-bond acceptors (Lipinski definition) is 6. The third-order valence-electron chi connectivity index (χ3n) is 2.63. The molecule has 2 heterocycles. The monoisotopic (exact) mass is 269 g/mol. The lowest BCUT2D eigenvalue weighted by Crippen LogP contribution is -2.28. The Morgan fingerprint density at radius 1 is 1.74 bits per heavy atom. The van der Waals surface area contributed by atoms with E-state index in [1.54, 1.807) is 6.08 Å². The molecule has 8 heteroatoms. The van der Waals surface area contributed by atoms with Gasteiger partial charge >= 0.3 is 11.7 Å². The number of nitrogens with two attached hydrogens (primary N) is 1. The zero-order chi connectivity index (χ0) is 14.0. The lowest BCUT2D eigenvalue weighted by Gasteiger charge is -2.15. The number of anilines is 1. The first-order valence-corrected chi connectivity index (χ1v) is 5.48. The Balaban J connectivity index is 2.13. The first kappa shape index (κ1) is 13.1. The van der Waals surface area contributed by atoms with Crippen molar-refractivity contribution in [1.29, 1.82) is 0 Å². The predicted molar refractivity (Wildman–Crippen MR) is 62.3 cm³/mol. The maximum absolute atomic E-state index is 13.3. The molecule has 1 unspecified atom stereocenters. The largest absolute Gasteiger partial charge is 0.474 e. The summed E-state index contributed by atoms with van der Waals surface area (Å²) in [6.07, 6.45) is 2.14. The van der Waals surface area contributed by atoms with E-state index in [-0.39, 0.29) is 6.42 Å². The van der Waals surface area contributed by atoms with Gasteiger partial charge in [0.2, 0.25) is 0 Å². The number of rotatable bonds is 3. The van der Waals surface area contributed by atoms with E-state index in [9.17, 15) is 14.0 Å². The van der Waals surface area contributed by atoms with Crippen molar-refractivity contribution >= 4 is 11.8 Å². The molecule has 2 rings (SSSR count). The number of methoxy groups -OCH3 is 1. The fraction of sp³-hybridized carbons (Fsp3) is 0.364. The van der Waals surface area contributed by atoms with E-state index in [0.717, 1.165) is 10.8 Å². The van der Waals surface area contributed by atoms with E-state index in [1.165, 1.54) is 7.11 Å². The van der Waals surface area contributed by atoms with Crippen LogP contribution in [-0.2, 0) is 14.3 Å². The number of nitrogen functional groups attached to an aromatic ring is 1. The third-order valence-corrected chi connectivity index (χ3v) is 2.63. The number of aromatic nitrogens is 2. The van der Waals surface area contributed by atoms with E-state index in [2.05, 4.69) is 9.72 Å². The van der Waals surface area contributed by atoms with Crippen LogP contribution in [0.25, 0.3) is 0 Å². The summed E-state index contributed by atoms with van der Waals surface area (Å²) in [5.74, 6) is -1.34. The highest BCUT2D eigenvalue weighted by Gasteiger charge is 2.23. The van der Waals surface area contributed by atoms with Gasteiger partial charge in [0.05, 0.1) is 13.3 Å². The van der Waals surface area contributed by atoms with E-state index >= 15 is 0 Å². The number of carbonyl (C=O) groups is 1. The van der Waals surface area contributed by atoms with Gasteiger partial charge in [-0.2, -0.15) is 4.98 Å². The molecular weight excluding hydrogens is 257 g/mol. The molecule has 0 bridgehead atoms. The standard InChI is InChI=1S/C11H12FN3O4/c1-18-9(16)4-6-2-3-8(19-6)15-5-7(12)10(13)14-11(15)17/h2,5,8H,3-4H2,1H3,(H2,13,14,17). The first-order chi connectivity index (χ1) is 9.01. The number of nitrogens with zero attached hydrogens (tertiary/aromatic N) is 2. The van der Waals surface area contributed by atoms with Gasteiger partial charge in [0.25, 0.3) is 0 Å². The van der Waals surface area contributed by atoms with Crippen molar-refractivity contribution in [3.05, 3.63) is 34.3 Å². The molecule has 0 fully saturated rings. The number of ether oxygens (including phenoxy) is 2. The van der Waals surface area contributed by atoms with E-state index < -0.39 is 29.5 Å². The molecule has 0 aliphatic carbocycles. The zero-order valence-electron chi connectivity index (χ0n) is 10.1. The molecule has 0 saturated carbocycles. The van der Waals surface area contributed by atoms with Gasteiger partial charge in [-0.1, -0.05) is 0 Å². The van der Waals surface area contributed by atoms with E-state index in [4.69, 9.17) is 10.5 Å². The molecule has 0 aromatic carbocycles. The van der Waals surface area contributed by atoms with Gasteiger partial charge in [-0.15, -0.1) is 0 Å². The Morgan fingerprint density at radius 2 is 2.47 bits per heavy atom. The van der Waals surface area contributed by atoms with Crippen molar-refractivity contribution in [1.82, 2.24) is 9.55 Å². The highest BCUT2D eigenvalue weighted by molar-refractivity contribution is 5.71. The lowest BCUT2D eigenvalue weighted by atomic mass is 10.3. The lowest BCUT2D eigenvalue weighted by molar-refractivity contribution is -0.140. The summed E-state index contributed by atoms with van der Waals surface area (Å²) in [6.45, 7) is 0. The number of hydrogen-bond donors (Lipinski definition) is 1. The molecule has 0 spiro atoms. The molecule has 0 saturated heterocycles. The third kappa shape index (κ3) is 2.72. The Labute approximate surface area is 107 Å². The summed E-state index contributed by atoms with van der Waals surface area (Å²) in [4.78, 5) is 26.0. The van der Waals surface area contributed by atoms with Crippen LogP contribution in [0.2, 0.25) is 0 Å². The first-order valence-electron chi connectivity index (χ1n) is 5.48. The maximum Gasteiger partial charge on any atom is 0.352 e. The van der Waals surface area contributed by atoms with Crippen LogP contribution in [0.3, 0.4) is 0 Å². The van der Waals surface area contributed by atoms with Gasteiger partial charge in [0, 0.05) is 6.42 Å². The van der Waals surface area contributed by atoms with Gasteiger partial charge in [0.1, 0.15) is 12.2 Å². The highest BCUT2D eigenvalue weighted by Crippen LogP contribution is 2.27. The molecule has 1 aliphatic heterocycles. The second kappa shape index (κ2) is 5.09. The summed E-state index contributed by atoms with van der Waals surface area (Å²) < 4.78 is 24.1. The molecule has 19 heavy (non-hydrogen) atoms. The van der Waals surface area contributed by atoms with Crippen LogP contribution in [0.15, 0.2) is 22.8 Å². The highest BCUT2D eigenvalue weighted by atomic mass is 19.1. The average Bonchev–Trinajstić information content (AvgIpc) is 2.82. The number of esters is 1. The van der Waals surface area contributed by atoms with Crippen molar-refractivity contribution in [2.24, 2.45) is 0 Å². The molecular formula is C11H12FN3O4. The number of carbonyl (C=O) groups excluding carboxylic acids is 1. The Morgan fingerprint density at radius 3 is 3.16 bits per heavy atom. The topological polar surface area (TPSA) is 96.4 Å². The Bertz CT molecular complexity index is 596. The summed E-state index contributed by atoms with van der Waals surface area (Å²) in [7, 11) is 1.26. The molecule has 1 aromatic heterocycles. The minimum atomic E-state index is -0.801. The molecule has 2 N–H and O–H groups in total. The summed E-state index contributed by atoms with van der Waals surface area (Å²) >= 11 is 0. The normalized spacial score (nSPS) is 17.8. The molecule has 1 atom stereocenters. The molecule has 1 aliphatic rings. The van der Waals surface area contributed by atoms with E-state index in [1.807, 2.05) is 0 Å². The van der Waals surface area contributed by atoms with Crippen LogP contribution in [0.1, 0.15) is 19.1 Å². The summed E-state index contributed by atoms with van der Waals surface area (Å²) in [5, 5.41) is 0. The molecule has 0 radical (unpaired) electrons. The van der Waals surface area contributed by atoms with Gasteiger partial charge in [0.15, 0.2) is 17.9 Å². The van der Waals surface area contributed by atoms with Crippen LogP contribution >= 0.6 is 0 Å². The predicted octanol–water partition coefficient (Wildman–Crippen LogP) is 0.330. The van der Waals surface area contributed by atoms with Crippen molar-refractivity contribution in [2.45, 2.75) is 19.1 Å². The zero-order valence-corrected chi connectivity index (χ0v) is 10.1. The average molecular weight is 269 g/mol. The van der Waals surface area contributed by atoms with Crippen molar-refractivity contribution in [3.63, 3.8) is 0 Å². The quantitative estimate of drug-likeness (QED) is 0.794. The maximum atomic E-state index is 13.3. The van der Waals surface area contributed by atoms with Crippen LogP contribution in [0.5, 0.6) is 0 Å². The Kier molecular flexibility index (Phi) is 3.50. The van der Waals surface area contributed by atoms with Gasteiger partial charge in [-0.25, -0.2) is 9.18 Å². The molecule has 0 amide bonds. The van der Waals surface area contributed by atoms with E-state index in [0.29, 0.717) is 12.2 Å². The molecule has 102 valence electrons. The fourth-order valence-electron chi connectivity index (χ4n) is 1.67. The van der Waals surface area contributed by atoms with Crippen molar-refractivity contribution < 1.29 is 18.7 Å². The second-order valence-corrected chi connectivity index (χ2v) is 3.90. The minimum Gasteiger partial charge on any atom is -0.474 e. The van der Waals surface area contributed by atoms with Crippen molar-refractivity contribution in [3.8, 4) is 0 Å². The van der Waals surface area contributed by atoms with Crippen LogP contribution in [-0.4, -0.2) is 22.6 Å². The summed E-state index contributed by atoms with van der Waals surface area (Å²) in [6, 6.07) is 0. The van der Waals surface area contributed by atoms with Crippen LogP contribution < -0.4 is 11.4 Å². The van der Waals surface area contributed by atoms with Crippen LogP contribution in [0.4, 0.5) is 10.2 Å². The van der Waals surface area contributed by atoms with Crippen molar-refractivity contribution in [2.75, 3.05) is 12.8 Å². The minimum absolute atomic E-state index is 0.0351. The fourth-order valence-corrected chi connectivity index (χ4v) is 1.67. The van der Waals surface area contributed by atoms with Gasteiger partial charge in [-0.05, 0) is 6.08 Å². The second-order valence-electron chi connectivity index (χ2n) is 3.90. The van der Waals surface area contributed by atoms with Gasteiger partial charge in [-0.3, -0.25) is 9.36 Å². The number of halogens is 1. The molecule has 1 aromatic rings.